The molecule has 0 atom stereocenters. The van der Waals surface area contributed by atoms with Gasteiger partial charge in [0.05, 0.1) is 0 Å². The Kier molecular flexibility index (Phi) is 37.8. The Bertz CT molecular complexity index is 666. The second-order valence-corrected chi connectivity index (χ2v) is 15.4. The third-order valence-electron chi connectivity index (χ3n) is 10.3. The average Bonchev–Trinajstić information content (AvgIpc) is 3.10. The smallest absolute Gasteiger partial charge is 0.306 e. The molecule has 5 heteroatoms. The van der Waals surface area contributed by atoms with Gasteiger partial charge in [0.1, 0.15) is 18.0 Å². The highest BCUT2D eigenvalue weighted by Crippen LogP contribution is 2.19. The molecule has 0 aliphatic heterocycles. The molecule has 0 radical (unpaired) electrons. The van der Waals surface area contributed by atoms with Crippen molar-refractivity contribution < 1.29 is 23.9 Å². The lowest BCUT2D eigenvalue weighted by atomic mass is 10.0. The molecule has 0 unspecified atom stereocenters. The van der Waals surface area contributed by atoms with Crippen LogP contribution in [0.2, 0.25) is 0 Å². The van der Waals surface area contributed by atoms with Crippen molar-refractivity contribution >= 4 is 17.7 Å². The Balaban J connectivity index is 3.81. The Morgan fingerprint density at radius 3 is 0.840 bits per heavy atom. The van der Waals surface area contributed by atoms with Crippen LogP contribution in [0.4, 0.5) is 0 Å². The van der Waals surface area contributed by atoms with Crippen molar-refractivity contribution in [2.45, 2.75) is 271 Å². The van der Waals surface area contributed by atoms with Gasteiger partial charge in [0.25, 0.3) is 0 Å². The molecule has 0 heterocycles. The van der Waals surface area contributed by atoms with Gasteiger partial charge in [0.2, 0.25) is 0 Å². The second-order valence-electron chi connectivity index (χ2n) is 15.4. The van der Waals surface area contributed by atoms with Gasteiger partial charge in [-0.1, -0.05) is 156 Å². The lowest BCUT2D eigenvalue weighted by Gasteiger charge is -2.18. The number of carbonyl (C=O) groups excluding carboxylic acids is 3. The van der Waals surface area contributed by atoms with Gasteiger partial charge in [0, 0.05) is 25.7 Å². The van der Waals surface area contributed by atoms with Gasteiger partial charge < -0.3 is 9.47 Å². The summed E-state index contributed by atoms with van der Waals surface area (Å²) >= 11 is 0. The van der Waals surface area contributed by atoms with Crippen molar-refractivity contribution in [2.24, 2.45) is 0 Å². The lowest BCUT2D eigenvalue weighted by Crippen LogP contribution is -2.18. The van der Waals surface area contributed by atoms with E-state index in [-0.39, 0.29) is 24.1 Å². The number of carbonyl (C=O) groups is 3. The summed E-state index contributed by atoms with van der Waals surface area (Å²) in [6.45, 7) is 8.94. The zero-order valence-corrected chi connectivity index (χ0v) is 34.2. The van der Waals surface area contributed by atoms with Crippen molar-refractivity contribution in [1.82, 2.24) is 0 Å². The van der Waals surface area contributed by atoms with E-state index in [4.69, 9.17) is 9.47 Å². The van der Waals surface area contributed by atoms with Gasteiger partial charge in [0.15, 0.2) is 0 Å². The minimum absolute atomic E-state index is 0.00317. The summed E-state index contributed by atoms with van der Waals surface area (Å²) in [5, 5.41) is 0. The van der Waals surface area contributed by atoms with Gasteiger partial charge in [-0.15, -0.1) is 0 Å². The van der Waals surface area contributed by atoms with Crippen LogP contribution in [0, 0.1) is 0 Å². The summed E-state index contributed by atoms with van der Waals surface area (Å²) in [4.78, 5) is 37.3. The first-order valence-electron chi connectivity index (χ1n) is 22.4. The van der Waals surface area contributed by atoms with Crippen molar-refractivity contribution in [3.05, 3.63) is 0 Å². The molecular formula is C45H86O5. The zero-order chi connectivity index (χ0) is 36.8. The molecule has 0 saturated heterocycles. The van der Waals surface area contributed by atoms with Crippen LogP contribution in [0.1, 0.15) is 259 Å². The number of hydrogen-bond donors (Lipinski definition) is 0. The number of rotatable bonds is 40. The summed E-state index contributed by atoms with van der Waals surface area (Å²) in [5.74, 6) is 0.404. The van der Waals surface area contributed by atoms with Crippen molar-refractivity contribution in [2.75, 3.05) is 0 Å². The van der Waals surface area contributed by atoms with E-state index in [9.17, 15) is 14.4 Å². The molecule has 0 aliphatic rings. The van der Waals surface area contributed by atoms with Gasteiger partial charge >= 0.3 is 11.9 Å². The van der Waals surface area contributed by atoms with E-state index >= 15 is 0 Å². The predicted octanol–water partition coefficient (Wildman–Crippen LogP) is 14.5. The molecule has 0 bridgehead atoms. The molecule has 50 heavy (non-hydrogen) atoms. The standard InChI is InChI=1S/C45H86O5/c1-5-9-13-27-35-42(36-28-14-10-6-2)49-44(47)39-31-23-19-17-21-25-33-41(46)34-26-22-18-20-24-32-40-45(48)50-43(37-29-15-11-7-3)38-30-16-12-8-4/h42-43H,5-40H2,1-4H3. The van der Waals surface area contributed by atoms with E-state index in [0.717, 1.165) is 103 Å². The van der Waals surface area contributed by atoms with E-state index < -0.39 is 0 Å². The van der Waals surface area contributed by atoms with Crippen LogP contribution in [0.5, 0.6) is 0 Å². The summed E-state index contributed by atoms with van der Waals surface area (Å²) in [7, 11) is 0. The maximum Gasteiger partial charge on any atom is 0.306 e. The van der Waals surface area contributed by atoms with Crippen molar-refractivity contribution in [3.8, 4) is 0 Å². The molecule has 0 aliphatic carbocycles. The van der Waals surface area contributed by atoms with Crippen LogP contribution < -0.4 is 0 Å². The van der Waals surface area contributed by atoms with E-state index in [1.807, 2.05) is 0 Å². The number of ketones is 1. The quantitative estimate of drug-likeness (QED) is 0.0468. The van der Waals surface area contributed by atoms with Gasteiger partial charge in [-0.25, -0.2) is 0 Å². The third-order valence-corrected chi connectivity index (χ3v) is 10.3. The predicted molar refractivity (Wildman–Crippen MR) is 214 cm³/mol. The maximum absolute atomic E-state index is 12.5. The number of ether oxygens (including phenoxy) is 2. The maximum atomic E-state index is 12.5. The monoisotopic (exact) mass is 707 g/mol. The first kappa shape index (κ1) is 48.6. The first-order valence-corrected chi connectivity index (χ1v) is 22.4. The summed E-state index contributed by atoms with van der Waals surface area (Å²) in [5.41, 5.74) is 0. The van der Waals surface area contributed by atoms with Crippen molar-refractivity contribution in [1.29, 1.82) is 0 Å². The number of Topliss-reactive ketones (excluding diaryl/α,β-unsaturated/α-hetero) is 1. The Morgan fingerprint density at radius 2 is 0.560 bits per heavy atom. The largest absolute Gasteiger partial charge is 0.462 e. The molecule has 0 spiro atoms. The molecule has 5 nitrogen and oxygen atoms in total. The van der Waals surface area contributed by atoms with E-state index in [1.165, 1.54) is 103 Å². The molecule has 0 saturated carbocycles. The lowest BCUT2D eigenvalue weighted by molar-refractivity contribution is -0.151. The summed E-state index contributed by atoms with van der Waals surface area (Å²) in [6, 6.07) is 0. The number of esters is 2. The van der Waals surface area contributed by atoms with E-state index in [0.29, 0.717) is 31.5 Å². The first-order chi connectivity index (χ1) is 24.5. The normalized spacial score (nSPS) is 11.5. The van der Waals surface area contributed by atoms with E-state index in [2.05, 4.69) is 27.7 Å². The van der Waals surface area contributed by atoms with Crippen LogP contribution in [-0.2, 0) is 23.9 Å². The highest BCUT2D eigenvalue weighted by Gasteiger charge is 2.15. The van der Waals surface area contributed by atoms with Crippen molar-refractivity contribution in [3.63, 3.8) is 0 Å². The molecule has 0 rings (SSSR count). The number of unbranched alkanes of at least 4 members (excludes halogenated alkanes) is 22. The molecular weight excluding hydrogens is 620 g/mol. The second kappa shape index (κ2) is 38.8. The summed E-state index contributed by atoms with van der Waals surface area (Å²) in [6.07, 6.45) is 39.2. The highest BCUT2D eigenvalue weighted by molar-refractivity contribution is 5.78. The van der Waals surface area contributed by atoms with Gasteiger partial charge in [-0.3, -0.25) is 14.4 Å². The zero-order valence-electron chi connectivity index (χ0n) is 34.2. The molecule has 0 aromatic heterocycles. The third kappa shape index (κ3) is 35.0. The Labute approximate surface area is 312 Å². The fourth-order valence-electron chi connectivity index (χ4n) is 6.93. The fourth-order valence-corrected chi connectivity index (χ4v) is 6.93. The Hall–Kier alpha value is -1.39. The summed E-state index contributed by atoms with van der Waals surface area (Å²) < 4.78 is 11.8. The van der Waals surface area contributed by atoms with Crippen LogP contribution in [0.3, 0.4) is 0 Å². The highest BCUT2D eigenvalue weighted by atomic mass is 16.5. The minimum Gasteiger partial charge on any atom is -0.462 e. The molecule has 0 aromatic rings. The fraction of sp³-hybridized carbons (Fsp3) is 0.933. The Morgan fingerprint density at radius 1 is 0.320 bits per heavy atom. The van der Waals surface area contributed by atoms with Crippen LogP contribution in [0.25, 0.3) is 0 Å². The SMILES string of the molecule is CCCCCCC(CCCCCC)OC(=O)CCCCCCCCC(=O)CCCCCCCCC(=O)OC(CCCCCC)CCCCCC. The minimum atomic E-state index is -0.00317. The van der Waals surface area contributed by atoms with Crippen LogP contribution in [0.15, 0.2) is 0 Å². The van der Waals surface area contributed by atoms with Crippen LogP contribution >= 0.6 is 0 Å². The molecule has 0 N–H and O–H groups in total. The molecule has 0 amide bonds. The van der Waals surface area contributed by atoms with E-state index in [1.54, 1.807) is 0 Å². The number of hydrogen-bond acceptors (Lipinski definition) is 5. The average molecular weight is 707 g/mol. The van der Waals surface area contributed by atoms with Crippen LogP contribution in [-0.4, -0.2) is 29.9 Å². The molecule has 0 fully saturated rings. The van der Waals surface area contributed by atoms with Gasteiger partial charge in [-0.05, 0) is 77.0 Å². The molecule has 296 valence electrons. The van der Waals surface area contributed by atoms with Gasteiger partial charge in [-0.2, -0.15) is 0 Å². The topological polar surface area (TPSA) is 69.7 Å². The molecule has 0 aromatic carbocycles.